The Morgan fingerprint density at radius 2 is 2.08 bits per heavy atom. The lowest BCUT2D eigenvalue weighted by molar-refractivity contribution is 0.478. The minimum atomic E-state index is 0.122. The minimum absolute atomic E-state index is 0.122. The smallest absolute Gasteiger partial charge is 0.176 e. The van der Waals surface area contributed by atoms with E-state index in [-0.39, 0.29) is 6.04 Å². The third kappa shape index (κ3) is 2.37. The Balaban J connectivity index is 1.77. The van der Waals surface area contributed by atoms with E-state index < -0.39 is 0 Å². The minimum Gasteiger partial charge on any atom is -0.343 e. The van der Waals surface area contributed by atoms with Crippen molar-refractivity contribution >= 4 is 39.3 Å². The molecule has 0 saturated heterocycles. The van der Waals surface area contributed by atoms with Crippen LogP contribution in [0.25, 0.3) is 10.3 Å². The first-order chi connectivity index (χ1) is 11.6. The Morgan fingerprint density at radius 3 is 2.83 bits per heavy atom. The molecule has 0 N–H and O–H groups in total. The predicted molar refractivity (Wildman–Crippen MR) is 96.9 cm³/mol. The molecule has 1 aliphatic rings. The Morgan fingerprint density at radius 1 is 1.25 bits per heavy atom. The van der Waals surface area contributed by atoms with Crippen molar-refractivity contribution in [2.45, 2.75) is 43.6 Å². The van der Waals surface area contributed by atoms with E-state index in [2.05, 4.69) is 55.4 Å². The molecule has 1 atom stereocenters. The zero-order valence-corrected chi connectivity index (χ0v) is 15.7. The van der Waals surface area contributed by atoms with Gasteiger partial charge >= 0.3 is 0 Å². The summed E-state index contributed by atoms with van der Waals surface area (Å²) in [5, 5.41) is 8.84. The lowest BCUT2D eigenvalue weighted by Crippen LogP contribution is -2.38. The molecule has 0 aromatic carbocycles. The first-order valence-electron chi connectivity index (χ1n) is 7.95. The second kappa shape index (κ2) is 5.96. The summed E-state index contributed by atoms with van der Waals surface area (Å²) in [5.74, 6) is 3.39. The summed E-state index contributed by atoms with van der Waals surface area (Å²) < 4.78 is 4.32. The molecule has 0 bridgehead atoms. The first-order valence-corrected chi connectivity index (χ1v) is 9.99. The molecule has 24 heavy (non-hydrogen) atoms. The highest BCUT2D eigenvalue weighted by molar-refractivity contribution is 8.00. The summed E-state index contributed by atoms with van der Waals surface area (Å²) in [6.07, 6.45) is 3.64. The van der Waals surface area contributed by atoms with Crippen LogP contribution >= 0.6 is 23.1 Å². The van der Waals surface area contributed by atoms with E-state index in [0.29, 0.717) is 5.92 Å². The van der Waals surface area contributed by atoms with Crippen LogP contribution in [0, 0.1) is 0 Å². The number of thiazole rings is 1. The number of anilines is 1. The van der Waals surface area contributed by atoms with Crippen LogP contribution in [0.4, 0.5) is 5.82 Å². The summed E-state index contributed by atoms with van der Waals surface area (Å²) in [6, 6.07) is 0.122. The molecule has 4 heterocycles. The molecule has 0 aliphatic carbocycles. The van der Waals surface area contributed by atoms with Crippen molar-refractivity contribution in [3.8, 4) is 0 Å². The van der Waals surface area contributed by atoms with Gasteiger partial charge in [-0.05, 0) is 13.2 Å². The van der Waals surface area contributed by atoms with Crippen LogP contribution in [0.5, 0.6) is 0 Å². The van der Waals surface area contributed by atoms with Gasteiger partial charge in [0.05, 0.1) is 6.04 Å². The summed E-state index contributed by atoms with van der Waals surface area (Å²) in [7, 11) is 0. The van der Waals surface area contributed by atoms with Gasteiger partial charge in [-0.2, -0.15) is 0 Å². The molecule has 1 unspecified atom stereocenters. The van der Waals surface area contributed by atoms with Crippen molar-refractivity contribution in [2.75, 3.05) is 17.7 Å². The van der Waals surface area contributed by atoms with E-state index in [4.69, 9.17) is 0 Å². The van der Waals surface area contributed by atoms with Gasteiger partial charge in [-0.3, -0.25) is 0 Å². The topological polar surface area (TPSA) is 72.6 Å². The van der Waals surface area contributed by atoms with Gasteiger partial charge in [-0.1, -0.05) is 25.6 Å². The molecule has 3 aromatic heterocycles. The molecule has 0 spiro atoms. The lowest BCUT2D eigenvalue weighted by Gasteiger charge is -2.34. The van der Waals surface area contributed by atoms with E-state index in [1.165, 1.54) is 0 Å². The van der Waals surface area contributed by atoms with Crippen LogP contribution in [0.3, 0.4) is 0 Å². The molecule has 0 amide bonds. The van der Waals surface area contributed by atoms with E-state index in [1.54, 1.807) is 29.4 Å². The molecule has 0 saturated carbocycles. The fourth-order valence-corrected chi connectivity index (χ4v) is 4.66. The molecule has 126 valence electrons. The summed E-state index contributed by atoms with van der Waals surface area (Å²) in [6.45, 7) is 8.23. The average Bonchev–Trinajstić information content (AvgIpc) is 3.19. The monoisotopic (exact) mass is 361 g/mol. The predicted octanol–water partition coefficient (Wildman–Crippen LogP) is 3.10. The molecule has 9 heteroatoms. The Kier molecular flexibility index (Phi) is 3.92. The third-order valence-corrected chi connectivity index (χ3v) is 6.36. The average molecular weight is 362 g/mol. The zero-order chi connectivity index (χ0) is 16.8. The number of aromatic nitrogens is 6. The lowest BCUT2D eigenvalue weighted by atomic mass is 10.1. The highest BCUT2D eigenvalue weighted by Gasteiger charge is 2.31. The summed E-state index contributed by atoms with van der Waals surface area (Å²) >= 11 is 3.29. The van der Waals surface area contributed by atoms with Crippen molar-refractivity contribution < 1.29 is 0 Å². The number of fused-ring (bicyclic) bond motifs is 2. The number of thioether (sulfide) groups is 1. The standard InChI is InChI=1S/C15H19N7S2/c1-8(2)12-19-20-13-9(3)21(5-6-22(12)13)14-10-11(16-7-17-14)18-15(23-4)24-10/h7-9H,5-6H2,1-4H3. The molecule has 0 radical (unpaired) electrons. The van der Waals surface area contributed by atoms with Crippen LogP contribution in [0.2, 0.25) is 0 Å². The van der Waals surface area contributed by atoms with Crippen molar-refractivity contribution in [3.63, 3.8) is 0 Å². The zero-order valence-electron chi connectivity index (χ0n) is 14.1. The first kappa shape index (κ1) is 15.8. The van der Waals surface area contributed by atoms with E-state index >= 15 is 0 Å². The Hall–Kier alpha value is -1.74. The second-order valence-electron chi connectivity index (χ2n) is 6.13. The Bertz CT molecular complexity index is 885. The third-order valence-electron chi connectivity index (χ3n) is 4.33. The second-order valence-corrected chi connectivity index (χ2v) is 8.18. The van der Waals surface area contributed by atoms with Crippen molar-refractivity contribution in [1.82, 2.24) is 29.7 Å². The van der Waals surface area contributed by atoms with E-state index in [9.17, 15) is 0 Å². The van der Waals surface area contributed by atoms with Gasteiger partial charge in [0, 0.05) is 19.0 Å². The van der Waals surface area contributed by atoms with Gasteiger partial charge in [0.15, 0.2) is 21.6 Å². The Labute approximate surface area is 148 Å². The van der Waals surface area contributed by atoms with Gasteiger partial charge < -0.3 is 9.47 Å². The maximum atomic E-state index is 4.56. The number of hydrogen-bond donors (Lipinski definition) is 0. The fraction of sp³-hybridized carbons (Fsp3) is 0.533. The SMILES string of the molecule is CSc1nc2ncnc(N3CCn4c(C(C)C)nnc4C3C)c2s1. The number of nitrogens with zero attached hydrogens (tertiary/aromatic N) is 7. The summed E-state index contributed by atoms with van der Waals surface area (Å²) in [4.78, 5) is 15.7. The molecule has 0 fully saturated rings. The van der Waals surface area contributed by atoms with E-state index in [1.807, 2.05) is 6.26 Å². The van der Waals surface area contributed by atoms with Crippen LogP contribution in [0.15, 0.2) is 10.7 Å². The van der Waals surface area contributed by atoms with Crippen LogP contribution in [-0.2, 0) is 6.54 Å². The van der Waals surface area contributed by atoms with Gasteiger partial charge in [-0.25, -0.2) is 15.0 Å². The van der Waals surface area contributed by atoms with Gasteiger partial charge in [0.25, 0.3) is 0 Å². The fourth-order valence-electron chi connectivity index (χ4n) is 3.14. The van der Waals surface area contributed by atoms with Gasteiger partial charge in [0.2, 0.25) is 0 Å². The maximum absolute atomic E-state index is 4.56. The molecule has 1 aliphatic heterocycles. The van der Waals surface area contributed by atoms with Crippen LogP contribution in [-0.4, -0.2) is 42.5 Å². The molecular weight excluding hydrogens is 342 g/mol. The van der Waals surface area contributed by atoms with Crippen molar-refractivity contribution in [2.24, 2.45) is 0 Å². The van der Waals surface area contributed by atoms with E-state index in [0.717, 1.165) is 45.2 Å². The highest BCUT2D eigenvalue weighted by atomic mass is 32.2. The van der Waals surface area contributed by atoms with Crippen molar-refractivity contribution in [3.05, 3.63) is 18.0 Å². The highest BCUT2D eigenvalue weighted by Crippen LogP contribution is 2.37. The quantitative estimate of drug-likeness (QED) is 0.664. The largest absolute Gasteiger partial charge is 0.343 e. The van der Waals surface area contributed by atoms with Crippen LogP contribution < -0.4 is 4.90 Å². The molecular formula is C15H19N7S2. The summed E-state index contributed by atoms with van der Waals surface area (Å²) in [5.41, 5.74) is 0.774. The maximum Gasteiger partial charge on any atom is 0.176 e. The molecule has 4 rings (SSSR count). The molecule has 3 aromatic rings. The van der Waals surface area contributed by atoms with Gasteiger partial charge in [-0.15, -0.1) is 21.5 Å². The van der Waals surface area contributed by atoms with Crippen LogP contribution in [0.1, 0.15) is 44.4 Å². The van der Waals surface area contributed by atoms with Gasteiger partial charge in [0.1, 0.15) is 16.9 Å². The number of rotatable bonds is 3. The molecule has 7 nitrogen and oxygen atoms in total. The van der Waals surface area contributed by atoms with Crippen molar-refractivity contribution in [1.29, 1.82) is 0 Å². The number of hydrogen-bond acceptors (Lipinski definition) is 8. The normalized spacial score (nSPS) is 17.7.